The number of rotatable bonds is 8. The topological polar surface area (TPSA) is 84.9 Å². The number of imide groups is 2. The minimum absolute atomic E-state index is 0.199. The number of hydrogen-bond acceptors (Lipinski definition) is 5. The maximum absolute atomic E-state index is 13.5. The van der Waals surface area contributed by atoms with E-state index < -0.39 is 17.8 Å². The Bertz CT molecular complexity index is 1700. The fraction of sp³-hybridized carbons (Fsp3) is 0.121. The zero-order chi connectivity index (χ0) is 29.8. The summed E-state index contributed by atoms with van der Waals surface area (Å²) in [6.45, 7) is 4.55. The number of nitrogens with one attached hydrogen (secondary N) is 1. The van der Waals surface area contributed by atoms with Crippen LogP contribution in [0.3, 0.4) is 0 Å². The van der Waals surface area contributed by atoms with Gasteiger partial charge in [-0.1, -0.05) is 76.8 Å². The molecule has 0 radical (unpaired) electrons. The van der Waals surface area contributed by atoms with Gasteiger partial charge in [-0.2, -0.15) is 0 Å². The van der Waals surface area contributed by atoms with Gasteiger partial charge in [-0.15, -0.1) is 0 Å². The molecule has 1 aliphatic rings. The molecule has 212 valence electrons. The molecule has 42 heavy (non-hydrogen) atoms. The van der Waals surface area contributed by atoms with E-state index in [0.29, 0.717) is 33.7 Å². The molecule has 1 heterocycles. The van der Waals surface area contributed by atoms with Crippen LogP contribution < -0.4 is 19.7 Å². The number of barbiturate groups is 1. The third kappa shape index (κ3) is 6.65. The summed E-state index contributed by atoms with van der Waals surface area (Å²) in [7, 11) is 0. The van der Waals surface area contributed by atoms with Gasteiger partial charge in [0.15, 0.2) is 0 Å². The average molecular weight is 601 g/mol. The second kappa shape index (κ2) is 12.5. The molecule has 0 spiro atoms. The summed E-state index contributed by atoms with van der Waals surface area (Å²) >= 11 is 12.2. The first-order valence-electron chi connectivity index (χ1n) is 13.1. The van der Waals surface area contributed by atoms with Crippen LogP contribution in [0.5, 0.6) is 11.5 Å². The highest BCUT2D eigenvalue weighted by molar-refractivity contribution is 6.39. The van der Waals surface area contributed by atoms with Crippen molar-refractivity contribution >= 4 is 52.8 Å². The van der Waals surface area contributed by atoms with Gasteiger partial charge >= 0.3 is 6.03 Å². The number of amides is 4. The summed E-state index contributed by atoms with van der Waals surface area (Å²) in [6.07, 6.45) is 1.43. The smallest absolute Gasteiger partial charge is 0.335 e. The van der Waals surface area contributed by atoms with Gasteiger partial charge in [0.1, 0.15) is 30.3 Å². The van der Waals surface area contributed by atoms with Crippen LogP contribution >= 0.6 is 23.2 Å². The van der Waals surface area contributed by atoms with E-state index in [0.717, 1.165) is 27.2 Å². The molecule has 4 aromatic rings. The van der Waals surface area contributed by atoms with Crippen LogP contribution in [-0.2, 0) is 22.8 Å². The molecule has 4 amide bonds. The normalized spacial score (nSPS) is 14.2. The predicted octanol–water partition coefficient (Wildman–Crippen LogP) is 7.43. The Morgan fingerprint density at radius 1 is 0.810 bits per heavy atom. The minimum Gasteiger partial charge on any atom is -0.489 e. The molecule has 9 heteroatoms. The lowest BCUT2D eigenvalue weighted by atomic mass is 10.1. The van der Waals surface area contributed by atoms with Crippen molar-refractivity contribution in [2.45, 2.75) is 27.1 Å². The number of anilines is 1. The maximum atomic E-state index is 13.5. The van der Waals surface area contributed by atoms with Crippen molar-refractivity contribution in [1.82, 2.24) is 5.32 Å². The Balaban J connectivity index is 1.33. The number of halogens is 2. The molecule has 1 aliphatic heterocycles. The lowest BCUT2D eigenvalue weighted by Crippen LogP contribution is -2.54. The Morgan fingerprint density at radius 2 is 1.52 bits per heavy atom. The monoisotopic (exact) mass is 600 g/mol. The first-order valence-corrected chi connectivity index (χ1v) is 13.8. The molecule has 0 saturated carbocycles. The van der Waals surface area contributed by atoms with E-state index in [-0.39, 0.29) is 17.9 Å². The van der Waals surface area contributed by atoms with E-state index in [2.05, 4.69) is 11.4 Å². The lowest BCUT2D eigenvalue weighted by Gasteiger charge is -2.26. The van der Waals surface area contributed by atoms with Crippen LogP contribution in [0.15, 0.2) is 90.5 Å². The third-order valence-electron chi connectivity index (χ3n) is 6.50. The van der Waals surface area contributed by atoms with Gasteiger partial charge in [0.2, 0.25) is 0 Å². The molecule has 4 aromatic carbocycles. The standard InChI is InChI=1S/C33H26Cl2N2O5/c1-20-13-21(2)15-22(14-20)18-42-30-6-4-3-5-23(30)16-28-31(38)36-33(40)37(32(28)39)26-9-11-27(12-10-26)41-19-24-7-8-25(34)17-29(24)35/h3-17H,18-19H2,1-2H3,(H,36,38,40)/b28-16+. The van der Waals surface area contributed by atoms with Gasteiger partial charge in [-0.25, -0.2) is 9.69 Å². The van der Waals surface area contributed by atoms with E-state index in [1.165, 1.54) is 6.08 Å². The third-order valence-corrected chi connectivity index (χ3v) is 7.09. The number of urea groups is 1. The second-order valence-electron chi connectivity index (χ2n) is 9.80. The van der Waals surface area contributed by atoms with E-state index in [1.54, 1.807) is 60.7 Å². The Kier molecular flexibility index (Phi) is 8.61. The van der Waals surface area contributed by atoms with Gasteiger partial charge in [0, 0.05) is 21.2 Å². The molecule has 0 atom stereocenters. The Morgan fingerprint density at radius 3 is 2.24 bits per heavy atom. The van der Waals surface area contributed by atoms with Crippen molar-refractivity contribution in [3.05, 3.63) is 128 Å². The Hall–Kier alpha value is -4.59. The van der Waals surface area contributed by atoms with Gasteiger partial charge in [-0.3, -0.25) is 14.9 Å². The van der Waals surface area contributed by atoms with Crippen molar-refractivity contribution in [3.8, 4) is 11.5 Å². The number of carbonyl (C=O) groups excluding carboxylic acids is 3. The van der Waals surface area contributed by atoms with Crippen molar-refractivity contribution in [2.24, 2.45) is 0 Å². The van der Waals surface area contributed by atoms with Crippen LogP contribution in [0.25, 0.3) is 6.08 Å². The fourth-order valence-electron chi connectivity index (χ4n) is 4.58. The number of aryl methyl sites for hydroxylation is 2. The summed E-state index contributed by atoms with van der Waals surface area (Å²) in [5, 5.41) is 3.26. The average Bonchev–Trinajstić information content (AvgIpc) is 2.94. The number of ether oxygens (including phenoxy) is 2. The predicted molar refractivity (Wildman–Crippen MR) is 163 cm³/mol. The summed E-state index contributed by atoms with van der Waals surface area (Å²) in [5.74, 6) is -0.550. The summed E-state index contributed by atoms with van der Waals surface area (Å²) in [4.78, 5) is 39.8. The number of hydrogen-bond donors (Lipinski definition) is 1. The van der Waals surface area contributed by atoms with Gasteiger partial charge < -0.3 is 9.47 Å². The van der Waals surface area contributed by atoms with Crippen LogP contribution in [-0.4, -0.2) is 17.8 Å². The van der Waals surface area contributed by atoms with Crippen molar-refractivity contribution < 1.29 is 23.9 Å². The first-order chi connectivity index (χ1) is 20.2. The molecule has 7 nitrogen and oxygen atoms in total. The molecule has 1 fully saturated rings. The van der Waals surface area contributed by atoms with Crippen LogP contribution in [0, 0.1) is 13.8 Å². The van der Waals surface area contributed by atoms with Crippen LogP contribution in [0.4, 0.5) is 10.5 Å². The molecule has 5 rings (SSSR count). The lowest BCUT2D eigenvalue weighted by molar-refractivity contribution is -0.122. The molecular formula is C33H26Cl2N2O5. The molecule has 0 aromatic heterocycles. The SMILES string of the molecule is Cc1cc(C)cc(COc2ccccc2/C=C2\C(=O)NC(=O)N(c3ccc(OCc4ccc(Cl)cc4Cl)cc3)C2=O)c1. The van der Waals surface area contributed by atoms with E-state index in [1.807, 2.05) is 32.0 Å². The number of nitrogens with zero attached hydrogens (tertiary/aromatic N) is 1. The molecule has 1 saturated heterocycles. The number of benzene rings is 4. The van der Waals surface area contributed by atoms with Gasteiger partial charge in [-0.05, 0) is 68.0 Å². The van der Waals surface area contributed by atoms with E-state index in [4.69, 9.17) is 32.7 Å². The summed E-state index contributed by atoms with van der Waals surface area (Å²) < 4.78 is 11.9. The van der Waals surface area contributed by atoms with Gasteiger partial charge in [0.05, 0.1) is 5.69 Å². The van der Waals surface area contributed by atoms with Crippen molar-refractivity contribution in [2.75, 3.05) is 4.90 Å². The second-order valence-corrected chi connectivity index (χ2v) is 10.6. The van der Waals surface area contributed by atoms with Gasteiger partial charge in [0.25, 0.3) is 11.8 Å². The highest BCUT2D eigenvalue weighted by Crippen LogP contribution is 2.28. The van der Waals surface area contributed by atoms with Crippen molar-refractivity contribution in [1.29, 1.82) is 0 Å². The van der Waals surface area contributed by atoms with Crippen LogP contribution in [0.1, 0.15) is 27.8 Å². The zero-order valence-electron chi connectivity index (χ0n) is 22.8. The van der Waals surface area contributed by atoms with E-state index >= 15 is 0 Å². The molecule has 0 aliphatic carbocycles. The first kappa shape index (κ1) is 28.9. The summed E-state index contributed by atoms with van der Waals surface area (Å²) in [6, 6.07) is 23.9. The zero-order valence-corrected chi connectivity index (χ0v) is 24.3. The van der Waals surface area contributed by atoms with E-state index in [9.17, 15) is 14.4 Å². The highest BCUT2D eigenvalue weighted by Gasteiger charge is 2.37. The van der Waals surface area contributed by atoms with Crippen molar-refractivity contribution in [3.63, 3.8) is 0 Å². The summed E-state index contributed by atoms with van der Waals surface area (Å²) in [5.41, 5.74) is 4.61. The highest BCUT2D eigenvalue weighted by atomic mass is 35.5. The molecule has 1 N–H and O–H groups in total. The maximum Gasteiger partial charge on any atom is 0.335 e. The largest absolute Gasteiger partial charge is 0.489 e. The molecule has 0 bridgehead atoms. The quantitative estimate of drug-likeness (QED) is 0.168. The van der Waals surface area contributed by atoms with Crippen LogP contribution in [0.2, 0.25) is 10.0 Å². The number of para-hydroxylation sites is 1. The number of carbonyl (C=O) groups is 3. The minimum atomic E-state index is -0.844. The molecular weight excluding hydrogens is 575 g/mol. The molecule has 0 unspecified atom stereocenters. The Labute approximate surface area is 253 Å². The fourth-order valence-corrected chi connectivity index (χ4v) is 5.05.